The third-order valence-corrected chi connectivity index (χ3v) is 9.22. The van der Waals surface area contributed by atoms with Gasteiger partial charge in [0.1, 0.15) is 35.0 Å². The van der Waals surface area contributed by atoms with Crippen molar-refractivity contribution in [2.45, 2.75) is 50.5 Å². The van der Waals surface area contributed by atoms with E-state index in [1.54, 1.807) is 28.0 Å². The van der Waals surface area contributed by atoms with E-state index in [-0.39, 0.29) is 64.1 Å². The standard InChI is InChI=1S/C30H34ClF2N5O3/c1-3-24(39)36-12-13-37-21(15-36)17-41-28-25(30(37)40)29(34-27(26(28)31)22-6-4-5-7-23(22)33)38-16-20(14-18(38)2)35-10-8-19(32)9-11-35/h3-7,18-21H,1,8-17H2,2H3/t18-,20?,21+/m0/s1. The first kappa shape index (κ1) is 27.9. The Balaban J connectivity index is 1.42. The van der Waals surface area contributed by atoms with Crippen molar-refractivity contribution in [2.24, 2.45) is 0 Å². The minimum absolute atomic E-state index is 0.0169. The van der Waals surface area contributed by atoms with Crippen molar-refractivity contribution in [1.29, 1.82) is 0 Å². The average Bonchev–Trinajstić information content (AvgIpc) is 3.30. The summed E-state index contributed by atoms with van der Waals surface area (Å²) >= 11 is 6.88. The number of alkyl halides is 1. The summed E-state index contributed by atoms with van der Waals surface area (Å²) in [6, 6.07) is 6.06. The number of carbonyl (C=O) groups excluding carboxylic acids is 2. The van der Waals surface area contributed by atoms with Crippen LogP contribution in [0, 0.1) is 5.82 Å². The number of amides is 2. The highest BCUT2D eigenvalue weighted by atomic mass is 35.5. The number of likely N-dealkylation sites (tertiary alicyclic amines) is 1. The minimum atomic E-state index is -0.761. The van der Waals surface area contributed by atoms with Gasteiger partial charge >= 0.3 is 0 Å². The van der Waals surface area contributed by atoms with Gasteiger partial charge in [-0.25, -0.2) is 13.8 Å². The first-order valence-electron chi connectivity index (χ1n) is 14.2. The number of aromatic nitrogens is 1. The number of ether oxygens (including phenoxy) is 1. The Hall–Kier alpha value is -3.24. The number of hydrogen-bond donors (Lipinski definition) is 0. The van der Waals surface area contributed by atoms with E-state index in [1.165, 1.54) is 12.1 Å². The number of fused-ring (bicyclic) bond motifs is 2. The van der Waals surface area contributed by atoms with E-state index < -0.39 is 12.0 Å². The molecule has 218 valence electrons. The summed E-state index contributed by atoms with van der Waals surface area (Å²) in [4.78, 5) is 39.3. The van der Waals surface area contributed by atoms with Gasteiger partial charge in [0.2, 0.25) is 5.91 Å². The first-order chi connectivity index (χ1) is 19.8. The molecule has 0 saturated carbocycles. The summed E-state index contributed by atoms with van der Waals surface area (Å²) < 4.78 is 35.2. The lowest BCUT2D eigenvalue weighted by molar-refractivity contribution is -0.128. The summed E-state index contributed by atoms with van der Waals surface area (Å²) in [5.41, 5.74) is 0.690. The SMILES string of the molecule is C=CC(=O)N1CCN2C(=O)c3c(N4CC(N5CCC(F)CC5)C[C@@H]4C)nc(-c4ccccc4F)c(Cl)c3OC[C@H]2C1. The summed E-state index contributed by atoms with van der Waals surface area (Å²) in [6.07, 6.45) is 2.37. The topological polar surface area (TPSA) is 69.2 Å². The van der Waals surface area contributed by atoms with Gasteiger partial charge in [-0.1, -0.05) is 30.3 Å². The molecule has 8 nitrogen and oxygen atoms in total. The van der Waals surface area contributed by atoms with Crippen molar-refractivity contribution in [1.82, 2.24) is 19.7 Å². The Kier molecular flexibility index (Phi) is 7.63. The quantitative estimate of drug-likeness (QED) is 0.502. The Bertz CT molecular complexity index is 1370. The fourth-order valence-electron chi connectivity index (χ4n) is 6.61. The molecule has 0 spiro atoms. The molecule has 4 aliphatic rings. The fraction of sp³-hybridized carbons (Fsp3) is 0.500. The molecule has 4 aliphatic heterocycles. The minimum Gasteiger partial charge on any atom is -0.489 e. The molecule has 3 fully saturated rings. The van der Waals surface area contributed by atoms with Gasteiger partial charge in [0.15, 0.2) is 5.75 Å². The second-order valence-electron chi connectivity index (χ2n) is 11.3. The number of piperidine rings is 1. The largest absolute Gasteiger partial charge is 0.489 e. The van der Waals surface area contributed by atoms with E-state index in [0.717, 1.165) is 6.42 Å². The molecule has 0 N–H and O–H groups in total. The van der Waals surface area contributed by atoms with Gasteiger partial charge in [-0.2, -0.15) is 0 Å². The molecule has 6 rings (SSSR count). The highest BCUT2D eigenvalue weighted by molar-refractivity contribution is 6.35. The van der Waals surface area contributed by atoms with E-state index in [1.807, 2.05) is 0 Å². The monoisotopic (exact) mass is 585 g/mol. The Labute approximate surface area is 243 Å². The number of pyridine rings is 1. The number of anilines is 1. The van der Waals surface area contributed by atoms with Crippen molar-refractivity contribution in [2.75, 3.05) is 50.8 Å². The highest BCUT2D eigenvalue weighted by Gasteiger charge is 2.43. The van der Waals surface area contributed by atoms with Gasteiger partial charge in [0.05, 0.1) is 11.7 Å². The number of piperazine rings is 1. The van der Waals surface area contributed by atoms with Gasteiger partial charge in [-0.3, -0.25) is 14.5 Å². The van der Waals surface area contributed by atoms with E-state index in [4.69, 9.17) is 21.3 Å². The first-order valence-corrected chi connectivity index (χ1v) is 14.6. The normalized spacial score (nSPS) is 25.4. The number of halogens is 3. The third kappa shape index (κ3) is 5.05. The van der Waals surface area contributed by atoms with Gasteiger partial charge in [-0.15, -0.1) is 0 Å². The van der Waals surface area contributed by atoms with E-state index in [9.17, 15) is 14.0 Å². The van der Waals surface area contributed by atoms with Crippen molar-refractivity contribution >= 4 is 29.2 Å². The summed E-state index contributed by atoms with van der Waals surface area (Å²) in [7, 11) is 0. The Morgan fingerprint density at radius 3 is 2.61 bits per heavy atom. The Morgan fingerprint density at radius 1 is 1.12 bits per heavy atom. The second-order valence-corrected chi connectivity index (χ2v) is 11.7. The maximum atomic E-state index is 15.0. The number of hydrogen-bond acceptors (Lipinski definition) is 6. The van der Waals surface area contributed by atoms with Crippen LogP contribution < -0.4 is 9.64 Å². The molecule has 3 saturated heterocycles. The van der Waals surface area contributed by atoms with E-state index in [0.29, 0.717) is 57.9 Å². The van der Waals surface area contributed by atoms with Crippen LogP contribution in [0.3, 0.4) is 0 Å². The van der Waals surface area contributed by atoms with Gasteiger partial charge in [0, 0.05) is 56.9 Å². The van der Waals surface area contributed by atoms with Crippen LogP contribution in [0.25, 0.3) is 11.3 Å². The molecule has 2 aromatic rings. The molecule has 1 aromatic carbocycles. The highest BCUT2D eigenvalue weighted by Crippen LogP contribution is 2.45. The third-order valence-electron chi connectivity index (χ3n) is 8.87. The predicted molar refractivity (Wildman–Crippen MR) is 153 cm³/mol. The number of nitrogens with zero attached hydrogens (tertiary/aromatic N) is 5. The van der Waals surface area contributed by atoms with E-state index in [2.05, 4.69) is 23.3 Å². The van der Waals surface area contributed by atoms with Crippen LogP contribution >= 0.6 is 11.6 Å². The lowest BCUT2D eigenvalue weighted by Crippen LogP contribution is -2.57. The molecule has 3 atom stereocenters. The van der Waals surface area contributed by atoms with Gasteiger partial charge in [-0.05, 0) is 44.4 Å². The van der Waals surface area contributed by atoms with Gasteiger partial charge < -0.3 is 19.4 Å². The maximum absolute atomic E-state index is 15.0. The van der Waals surface area contributed by atoms with Crippen molar-refractivity contribution in [3.05, 3.63) is 53.3 Å². The van der Waals surface area contributed by atoms with Crippen molar-refractivity contribution < 1.29 is 23.1 Å². The van der Waals surface area contributed by atoms with Crippen LogP contribution in [0.4, 0.5) is 14.6 Å². The summed E-state index contributed by atoms with van der Waals surface area (Å²) in [5.74, 6) is -0.357. The smallest absolute Gasteiger partial charge is 0.261 e. The van der Waals surface area contributed by atoms with Crippen LogP contribution in [-0.4, -0.2) is 102 Å². The van der Waals surface area contributed by atoms with Crippen LogP contribution in [0.15, 0.2) is 36.9 Å². The molecular weight excluding hydrogens is 552 g/mol. The predicted octanol–water partition coefficient (Wildman–Crippen LogP) is 4.17. The van der Waals surface area contributed by atoms with Crippen LogP contribution in [0.5, 0.6) is 5.75 Å². The average molecular weight is 586 g/mol. The molecule has 1 aromatic heterocycles. The van der Waals surface area contributed by atoms with Crippen molar-refractivity contribution in [3.63, 3.8) is 0 Å². The summed E-state index contributed by atoms with van der Waals surface area (Å²) in [6.45, 7) is 8.76. The van der Waals surface area contributed by atoms with Gasteiger partial charge in [0.25, 0.3) is 5.91 Å². The summed E-state index contributed by atoms with van der Waals surface area (Å²) in [5, 5.41) is 0.0782. The second kappa shape index (κ2) is 11.2. The lowest BCUT2D eigenvalue weighted by Gasteiger charge is -2.39. The number of carbonyl (C=O) groups is 2. The van der Waals surface area contributed by atoms with E-state index >= 15 is 4.39 Å². The zero-order chi connectivity index (χ0) is 28.8. The molecule has 5 heterocycles. The Morgan fingerprint density at radius 2 is 1.88 bits per heavy atom. The van der Waals surface area contributed by atoms with Crippen LogP contribution in [-0.2, 0) is 4.79 Å². The van der Waals surface area contributed by atoms with Crippen LogP contribution in [0.1, 0.15) is 36.5 Å². The zero-order valence-electron chi connectivity index (χ0n) is 23.1. The number of benzene rings is 1. The molecule has 2 amide bonds. The lowest BCUT2D eigenvalue weighted by atomic mass is 10.1. The fourth-order valence-corrected chi connectivity index (χ4v) is 6.90. The molecule has 0 radical (unpaired) electrons. The molecule has 1 unspecified atom stereocenters. The van der Waals surface area contributed by atoms with Crippen LogP contribution in [0.2, 0.25) is 5.02 Å². The molecule has 11 heteroatoms. The molecule has 0 bridgehead atoms. The zero-order valence-corrected chi connectivity index (χ0v) is 23.8. The molecule has 41 heavy (non-hydrogen) atoms. The maximum Gasteiger partial charge on any atom is 0.261 e. The number of rotatable bonds is 4. The van der Waals surface area contributed by atoms with Crippen molar-refractivity contribution in [3.8, 4) is 17.0 Å². The molecular formula is C30H34ClF2N5O3. The molecule has 0 aliphatic carbocycles.